The maximum Gasteiger partial charge on any atom is 0.243 e. The van der Waals surface area contributed by atoms with Gasteiger partial charge in [-0.25, -0.2) is 8.42 Å². The van der Waals surface area contributed by atoms with Crippen molar-refractivity contribution in [2.75, 3.05) is 53.0 Å². The van der Waals surface area contributed by atoms with Gasteiger partial charge in [0.25, 0.3) is 0 Å². The molecule has 0 atom stereocenters. The van der Waals surface area contributed by atoms with Gasteiger partial charge in [0.1, 0.15) is 0 Å². The average Bonchev–Trinajstić information content (AvgIpc) is 2.59. The number of halogens is 2. The van der Waals surface area contributed by atoms with E-state index in [1.165, 1.54) is 16.4 Å². The number of nitrogens with one attached hydrogen (secondary N) is 1. The molecular weight excluding hydrogens is 389 g/mol. The number of carbonyl (C=O) groups excluding carboxylic acids is 1. The van der Waals surface area contributed by atoms with Crippen LogP contribution in [0.1, 0.15) is 0 Å². The monoisotopic (exact) mass is 411 g/mol. The van der Waals surface area contributed by atoms with Crippen LogP contribution >= 0.6 is 24.0 Å². The minimum absolute atomic E-state index is 0. The van der Waals surface area contributed by atoms with Crippen molar-refractivity contribution in [2.45, 2.75) is 4.90 Å². The smallest absolute Gasteiger partial charge is 0.243 e. The molecule has 2 rings (SSSR count). The van der Waals surface area contributed by atoms with E-state index in [0.717, 1.165) is 0 Å². The molecular formula is C15H23Cl2N3O4S. The molecule has 1 heterocycles. The lowest BCUT2D eigenvalue weighted by atomic mass is 10.3. The van der Waals surface area contributed by atoms with Gasteiger partial charge in [0, 0.05) is 44.9 Å². The van der Waals surface area contributed by atoms with Gasteiger partial charge in [-0.15, -0.1) is 12.4 Å². The Morgan fingerprint density at radius 1 is 1.20 bits per heavy atom. The Kier molecular flexibility index (Phi) is 9.12. The van der Waals surface area contributed by atoms with Gasteiger partial charge in [0.2, 0.25) is 15.9 Å². The fraction of sp³-hybridized carbons (Fsp3) is 0.533. The third-order valence-electron chi connectivity index (χ3n) is 3.80. The van der Waals surface area contributed by atoms with Gasteiger partial charge in [0.15, 0.2) is 0 Å². The van der Waals surface area contributed by atoms with E-state index in [1.807, 2.05) is 0 Å². The summed E-state index contributed by atoms with van der Waals surface area (Å²) < 4.78 is 31.4. The number of amides is 1. The standard InChI is InChI=1S/C15H22ClN3O4S.ClH/c1-23-11-6-17-12-15(20)18-7-9-19(10-8-18)24(21,22)14-4-2-13(16)3-5-14;/h2-5,17H,6-12H2,1H3;1H. The highest BCUT2D eigenvalue weighted by molar-refractivity contribution is 7.89. The molecule has 0 saturated carbocycles. The van der Waals surface area contributed by atoms with Gasteiger partial charge in [-0.05, 0) is 24.3 Å². The number of hydrogen-bond donors (Lipinski definition) is 1. The van der Waals surface area contributed by atoms with E-state index >= 15 is 0 Å². The molecule has 1 aromatic carbocycles. The molecule has 0 aromatic heterocycles. The van der Waals surface area contributed by atoms with Crippen LogP contribution in [0.3, 0.4) is 0 Å². The Morgan fingerprint density at radius 2 is 1.80 bits per heavy atom. The Labute approximate surface area is 159 Å². The van der Waals surface area contributed by atoms with E-state index < -0.39 is 10.0 Å². The zero-order chi connectivity index (χ0) is 17.6. The number of piperazine rings is 1. The first-order valence-corrected chi connectivity index (χ1v) is 9.50. The maximum absolute atomic E-state index is 12.6. The number of ether oxygens (including phenoxy) is 1. The number of benzene rings is 1. The topological polar surface area (TPSA) is 79.0 Å². The molecule has 0 radical (unpaired) electrons. The highest BCUT2D eigenvalue weighted by Gasteiger charge is 2.29. The first kappa shape index (κ1) is 22.1. The van der Waals surface area contributed by atoms with Gasteiger partial charge >= 0.3 is 0 Å². The van der Waals surface area contributed by atoms with Crippen LogP contribution in [0.4, 0.5) is 0 Å². The third kappa shape index (κ3) is 6.09. The summed E-state index contributed by atoms with van der Waals surface area (Å²) in [6, 6.07) is 6.10. The normalized spacial score (nSPS) is 15.7. The minimum Gasteiger partial charge on any atom is -0.383 e. The van der Waals surface area contributed by atoms with Crippen LogP contribution in [0, 0.1) is 0 Å². The van der Waals surface area contributed by atoms with Crippen LogP contribution in [0.15, 0.2) is 29.2 Å². The molecule has 10 heteroatoms. The molecule has 1 aliphatic rings. The molecule has 0 unspecified atom stereocenters. The number of methoxy groups -OCH3 is 1. The minimum atomic E-state index is -3.55. The van der Waals surface area contributed by atoms with Gasteiger partial charge < -0.3 is 15.0 Å². The number of hydrogen-bond acceptors (Lipinski definition) is 5. The van der Waals surface area contributed by atoms with Crippen molar-refractivity contribution in [1.29, 1.82) is 0 Å². The lowest BCUT2D eigenvalue weighted by molar-refractivity contribution is -0.131. The van der Waals surface area contributed by atoms with E-state index in [0.29, 0.717) is 31.3 Å². The summed E-state index contributed by atoms with van der Waals surface area (Å²) in [4.78, 5) is 14.0. The van der Waals surface area contributed by atoms with E-state index in [2.05, 4.69) is 5.32 Å². The van der Waals surface area contributed by atoms with Gasteiger partial charge in [-0.2, -0.15) is 4.31 Å². The highest BCUT2D eigenvalue weighted by Crippen LogP contribution is 2.19. The van der Waals surface area contributed by atoms with Crippen LogP contribution in [0.2, 0.25) is 5.02 Å². The highest BCUT2D eigenvalue weighted by atomic mass is 35.5. The van der Waals surface area contributed by atoms with Gasteiger partial charge in [0.05, 0.1) is 18.0 Å². The second-order valence-corrected chi connectivity index (χ2v) is 7.78. The van der Waals surface area contributed by atoms with Crippen molar-refractivity contribution < 1.29 is 17.9 Å². The summed E-state index contributed by atoms with van der Waals surface area (Å²) in [6.07, 6.45) is 0. The van der Waals surface area contributed by atoms with E-state index in [1.54, 1.807) is 24.1 Å². The van der Waals surface area contributed by atoms with E-state index in [9.17, 15) is 13.2 Å². The van der Waals surface area contributed by atoms with E-state index in [-0.39, 0.29) is 42.8 Å². The Balaban J connectivity index is 0.00000312. The Hall–Kier alpha value is -0.900. The number of rotatable bonds is 7. The van der Waals surface area contributed by atoms with Crippen molar-refractivity contribution in [3.63, 3.8) is 0 Å². The maximum atomic E-state index is 12.6. The predicted molar refractivity (Wildman–Crippen MR) is 98.8 cm³/mol. The molecule has 1 aromatic rings. The van der Waals surface area contributed by atoms with Gasteiger partial charge in [-0.3, -0.25) is 4.79 Å². The fourth-order valence-corrected chi connectivity index (χ4v) is 3.96. The second-order valence-electron chi connectivity index (χ2n) is 5.41. The van der Waals surface area contributed by atoms with Crippen LogP contribution < -0.4 is 5.32 Å². The molecule has 1 N–H and O–H groups in total. The van der Waals surface area contributed by atoms with Crippen molar-refractivity contribution in [3.05, 3.63) is 29.3 Å². The molecule has 0 spiro atoms. The van der Waals surface area contributed by atoms with Crippen molar-refractivity contribution in [1.82, 2.24) is 14.5 Å². The zero-order valence-electron chi connectivity index (χ0n) is 14.0. The summed E-state index contributed by atoms with van der Waals surface area (Å²) in [5.41, 5.74) is 0. The molecule has 1 aliphatic heterocycles. The summed E-state index contributed by atoms with van der Waals surface area (Å²) in [5.74, 6) is -0.0327. The quantitative estimate of drug-likeness (QED) is 0.672. The SMILES string of the molecule is COCCNCC(=O)N1CCN(S(=O)(=O)c2ccc(Cl)cc2)CC1.Cl. The molecule has 1 fully saturated rings. The lowest BCUT2D eigenvalue weighted by Crippen LogP contribution is -2.52. The molecule has 7 nitrogen and oxygen atoms in total. The summed E-state index contributed by atoms with van der Waals surface area (Å²) in [6.45, 7) is 2.72. The number of nitrogens with zero attached hydrogens (tertiary/aromatic N) is 2. The Bertz CT molecular complexity index is 647. The largest absolute Gasteiger partial charge is 0.383 e. The number of carbonyl (C=O) groups is 1. The molecule has 0 aliphatic carbocycles. The Morgan fingerprint density at radius 3 is 2.36 bits per heavy atom. The molecule has 1 amide bonds. The molecule has 0 bridgehead atoms. The summed E-state index contributed by atoms with van der Waals surface area (Å²) in [5, 5.41) is 3.49. The van der Waals surface area contributed by atoms with Crippen LogP contribution in [-0.4, -0.2) is 76.5 Å². The zero-order valence-corrected chi connectivity index (χ0v) is 16.4. The summed E-state index contributed by atoms with van der Waals surface area (Å²) in [7, 11) is -1.95. The van der Waals surface area contributed by atoms with Crippen molar-refractivity contribution in [3.8, 4) is 0 Å². The third-order valence-corrected chi connectivity index (χ3v) is 5.97. The van der Waals surface area contributed by atoms with Gasteiger partial charge in [-0.1, -0.05) is 11.6 Å². The first-order valence-electron chi connectivity index (χ1n) is 7.68. The molecule has 25 heavy (non-hydrogen) atoms. The summed E-state index contributed by atoms with van der Waals surface area (Å²) >= 11 is 5.80. The first-order chi connectivity index (χ1) is 11.4. The molecule has 142 valence electrons. The van der Waals surface area contributed by atoms with Crippen molar-refractivity contribution >= 4 is 39.9 Å². The average molecular weight is 412 g/mol. The lowest BCUT2D eigenvalue weighted by Gasteiger charge is -2.34. The van der Waals surface area contributed by atoms with Crippen molar-refractivity contribution in [2.24, 2.45) is 0 Å². The second kappa shape index (κ2) is 10.3. The van der Waals surface area contributed by atoms with E-state index in [4.69, 9.17) is 16.3 Å². The van der Waals surface area contributed by atoms with Crippen LogP contribution in [0.5, 0.6) is 0 Å². The van der Waals surface area contributed by atoms with Crippen LogP contribution in [0.25, 0.3) is 0 Å². The van der Waals surface area contributed by atoms with Crippen LogP contribution in [-0.2, 0) is 19.6 Å². The number of sulfonamides is 1. The molecule has 1 saturated heterocycles. The predicted octanol–water partition coefficient (Wildman–Crippen LogP) is 0.831. The fourth-order valence-electron chi connectivity index (χ4n) is 2.41.